The van der Waals surface area contributed by atoms with Crippen molar-refractivity contribution in [3.8, 4) is 0 Å². The van der Waals surface area contributed by atoms with Crippen LogP contribution in [-0.4, -0.2) is 36.0 Å². The maximum atomic E-state index is 12.5. The number of hydrogen-bond donors (Lipinski definition) is 2. The van der Waals surface area contributed by atoms with Gasteiger partial charge in [0.1, 0.15) is 5.60 Å². The van der Waals surface area contributed by atoms with Crippen LogP contribution in [0.4, 0.5) is 4.79 Å². The molecule has 1 aliphatic carbocycles. The van der Waals surface area contributed by atoms with Crippen LogP contribution in [0.5, 0.6) is 0 Å². The van der Waals surface area contributed by atoms with Crippen LogP contribution >= 0.6 is 0 Å². The van der Waals surface area contributed by atoms with Gasteiger partial charge in [-0.2, -0.15) is 0 Å². The second kappa shape index (κ2) is 5.20. The predicted molar refractivity (Wildman–Crippen MR) is 90.9 cm³/mol. The van der Waals surface area contributed by atoms with Crippen LogP contribution in [0.15, 0.2) is 24.3 Å². The molecule has 2 N–H and O–H groups in total. The fourth-order valence-corrected chi connectivity index (χ4v) is 4.71. The van der Waals surface area contributed by atoms with Crippen molar-refractivity contribution in [2.75, 3.05) is 13.2 Å². The average Bonchev–Trinajstić information content (AvgIpc) is 2.88. The lowest BCUT2D eigenvalue weighted by Gasteiger charge is -2.50. The maximum Gasteiger partial charge on any atom is 0.315 e. The van der Waals surface area contributed by atoms with Crippen LogP contribution in [0.1, 0.15) is 50.7 Å². The van der Waals surface area contributed by atoms with Crippen molar-refractivity contribution in [3.05, 3.63) is 35.4 Å². The summed E-state index contributed by atoms with van der Waals surface area (Å²) in [5, 5.41) is 6.23. The van der Waals surface area contributed by atoms with Gasteiger partial charge in [-0.3, -0.25) is 0 Å². The number of urea groups is 1. The molecule has 0 aromatic heterocycles. The van der Waals surface area contributed by atoms with E-state index in [9.17, 15) is 4.79 Å². The highest BCUT2D eigenvalue weighted by Gasteiger charge is 2.76. The molecule has 0 atom stereocenters. The molecule has 24 heavy (non-hydrogen) atoms. The molecule has 1 aromatic rings. The molecule has 4 fully saturated rings. The molecule has 0 radical (unpaired) electrons. The van der Waals surface area contributed by atoms with E-state index in [0.29, 0.717) is 25.7 Å². The van der Waals surface area contributed by atoms with Crippen molar-refractivity contribution < 1.29 is 14.3 Å². The molecular weight excluding hydrogens is 304 g/mol. The van der Waals surface area contributed by atoms with Crippen LogP contribution in [0.3, 0.4) is 0 Å². The first-order valence-electron chi connectivity index (χ1n) is 8.79. The summed E-state index contributed by atoms with van der Waals surface area (Å²) in [6, 6.07) is 8.15. The lowest BCUT2D eigenvalue weighted by Crippen LogP contribution is -2.72. The minimum absolute atomic E-state index is 0.0959. The van der Waals surface area contributed by atoms with E-state index in [2.05, 4.69) is 43.5 Å². The normalized spacial score (nSPS) is 32.3. The van der Waals surface area contributed by atoms with Gasteiger partial charge >= 0.3 is 6.03 Å². The second-order valence-electron chi connectivity index (χ2n) is 8.14. The van der Waals surface area contributed by atoms with Gasteiger partial charge in [-0.1, -0.05) is 38.1 Å². The Bertz CT molecular complexity index is 660. The van der Waals surface area contributed by atoms with E-state index in [4.69, 9.17) is 9.47 Å². The first-order valence-corrected chi connectivity index (χ1v) is 8.79. The molecule has 3 aliphatic heterocycles. The minimum Gasteiger partial charge on any atom is -0.375 e. The van der Waals surface area contributed by atoms with E-state index in [1.165, 1.54) is 11.1 Å². The van der Waals surface area contributed by atoms with Gasteiger partial charge in [-0.05, 0) is 24.0 Å². The van der Waals surface area contributed by atoms with E-state index < -0.39 is 0 Å². The largest absolute Gasteiger partial charge is 0.375 e. The Kier molecular flexibility index (Phi) is 3.45. The predicted octanol–water partition coefficient (Wildman–Crippen LogP) is 2.70. The topological polar surface area (TPSA) is 59.6 Å². The van der Waals surface area contributed by atoms with Gasteiger partial charge in [0.2, 0.25) is 0 Å². The highest BCUT2D eigenvalue weighted by molar-refractivity contribution is 5.75. The first-order chi connectivity index (χ1) is 11.4. The van der Waals surface area contributed by atoms with Crippen molar-refractivity contribution in [2.45, 2.75) is 62.8 Å². The monoisotopic (exact) mass is 330 g/mol. The maximum absolute atomic E-state index is 12.5. The zero-order valence-electron chi connectivity index (χ0n) is 14.6. The third-order valence-corrected chi connectivity index (χ3v) is 5.81. The van der Waals surface area contributed by atoms with Gasteiger partial charge in [0.15, 0.2) is 0 Å². The van der Waals surface area contributed by atoms with E-state index in [1.54, 1.807) is 0 Å². The number of ether oxygens (including phenoxy) is 2. The summed E-state index contributed by atoms with van der Waals surface area (Å²) in [6.07, 6.45) is 1.75. The van der Waals surface area contributed by atoms with Crippen molar-refractivity contribution in [1.29, 1.82) is 0 Å². The fourth-order valence-electron chi connectivity index (χ4n) is 4.71. The van der Waals surface area contributed by atoms with Crippen molar-refractivity contribution >= 4 is 6.03 Å². The lowest BCUT2D eigenvalue weighted by molar-refractivity contribution is -0.205. The summed E-state index contributed by atoms with van der Waals surface area (Å²) >= 11 is 0. The number of rotatable bonds is 4. The van der Waals surface area contributed by atoms with E-state index >= 15 is 0 Å². The summed E-state index contributed by atoms with van der Waals surface area (Å²) in [5.74, 6) is 0.440. The van der Waals surface area contributed by atoms with Gasteiger partial charge in [0.25, 0.3) is 0 Å². The highest BCUT2D eigenvalue weighted by atomic mass is 16.6. The van der Waals surface area contributed by atoms with E-state index in [-0.39, 0.29) is 22.8 Å². The number of amides is 2. The summed E-state index contributed by atoms with van der Waals surface area (Å²) in [4.78, 5) is 12.5. The van der Waals surface area contributed by atoms with Crippen LogP contribution in [0, 0.1) is 0 Å². The number of nitrogens with one attached hydrogen (secondary N) is 2. The highest BCUT2D eigenvalue weighted by Crippen LogP contribution is 2.62. The molecular formula is C19H26N2O3. The SMILES string of the molecule is CC(C)c1ccccc1CNC(=O)NC12CC(C)(C1)OC21COC1. The number of carbonyl (C=O) groups excluding carboxylic acids is 1. The molecule has 2 bridgehead atoms. The molecule has 1 saturated carbocycles. The smallest absolute Gasteiger partial charge is 0.315 e. The molecule has 3 heterocycles. The third-order valence-electron chi connectivity index (χ3n) is 5.81. The van der Waals surface area contributed by atoms with E-state index in [1.807, 2.05) is 12.1 Å². The lowest BCUT2D eigenvalue weighted by atomic mass is 9.62. The fraction of sp³-hybridized carbons (Fsp3) is 0.632. The van der Waals surface area contributed by atoms with Gasteiger partial charge in [0, 0.05) is 19.4 Å². The first kappa shape index (κ1) is 15.9. The second-order valence-corrected chi connectivity index (χ2v) is 8.14. The Labute approximate surface area is 143 Å². The molecule has 1 aromatic carbocycles. The van der Waals surface area contributed by atoms with Gasteiger partial charge in [-0.15, -0.1) is 0 Å². The Hall–Kier alpha value is -1.59. The molecule has 130 valence electrons. The third kappa shape index (κ3) is 2.25. The van der Waals surface area contributed by atoms with E-state index in [0.717, 1.165) is 12.8 Å². The molecule has 5 nitrogen and oxygen atoms in total. The number of carbonyl (C=O) groups is 1. The molecule has 2 amide bonds. The Morgan fingerprint density at radius 3 is 2.58 bits per heavy atom. The molecule has 3 saturated heterocycles. The van der Waals surface area contributed by atoms with Crippen LogP contribution in [0.25, 0.3) is 0 Å². The van der Waals surface area contributed by atoms with Gasteiger partial charge in [-0.25, -0.2) is 4.79 Å². The molecule has 0 unspecified atom stereocenters. The van der Waals surface area contributed by atoms with Crippen molar-refractivity contribution in [1.82, 2.24) is 10.6 Å². The summed E-state index contributed by atoms with van der Waals surface area (Å²) < 4.78 is 11.6. The Balaban J connectivity index is 1.40. The molecule has 5 rings (SSSR count). The van der Waals surface area contributed by atoms with Crippen LogP contribution < -0.4 is 10.6 Å². The van der Waals surface area contributed by atoms with Gasteiger partial charge in [0.05, 0.1) is 24.4 Å². The average molecular weight is 330 g/mol. The summed E-state index contributed by atoms with van der Waals surface area (Å²) in [7, 11) is 0. The van der Waals surface area contributed by atoms with Crippen molar-refractivity contribution in [3.63, 3.8) is 0 Å². The zero-order chi connectivity index (χ0) is 17.0. The minimum atomic E-state index is -0.311. The number of hydrogen-bond acceptors (Lipinski definition) is 3. The zero-order valence-corrected chi connectivity index (χ0v) is 14.6. The molecule has 1 spiro atoms. The van der Waals surface area contributed by atoms with Crippen LogP contribution in [-0.2, 0) is 16.0 Å². The molecule has 4 aliphatic rings. The quantitative estimate of drug-likeness (QED) is 0.892. The molecule has 5 heteroatoms. The Morgan fingerprint density at radius 1 is 1.25 bits per heavy atom. The summed E-state index contributed by atoms with van der Waals surface area (Å²) in [6.45, 7) is 8.17. The standard InChI is InChI=1S/C19H26N2O3/c1-13(2)15-7-5-4-6-14(15)8-20-16(22)21-18-9-17(3,10-18)24-19(18)11-23-12-19/h4-7,13H,8-12H2,1-3H3,(H2,20,21,22). The van der Waals surface area contributed by atoms with Crippen LogP contribution in [0.2, 0.25) is 0 Å². The Morgan fingerprint density at radius 2 is 1.96 bits per heavy atom. The van der Waals surface area contributed by atoms with Crippen molar-refractivity contribution in [2.24, 2.45) is 0 Å². The summed E-state index contributed by atoms with van der Waals surface area (Å²) in [5.41, 5.74) is 1.78. The number of benzene rings is 1. The van der Waals surface area contributed by atoms with Gasteiger partial charge < -0.3 is 20.1 Å².